The zero-order valence-corrected chi connectivity index (χ0v) is 19.7. The Hall–Kier alpha value is -4.58. The Morgan fingerprint density at radius 1 is 0.778 bits per heavy atom. The number of benzene rings is 4. The molecule has 0 spiro atoms. The van der Waals surface area contributed by atoms with E-state index in [-0.39, 0.29) is 0 Å². The molecular formula is C30H26N2O4. The summed E-state index contributed by atoms with van der Waals surface area (Å²) in [6.07, 6.45) is 1.63. The van der Waals surface area contributed by atoms with Crippen molar-refractivity contribution in [2.45, 2.75) is 19.4 Å². The highest BCUT2D eigenvalue weighted by molar-refractivity contribution is 6.19. The normalized spacial score (nSPS) is 11.1. The van der Waals surface area contributed by atoms with Gasteiger partial charge in [-0.15, -0.1) is 0 Å². The molecule has 0 saturated heterocycles. The maximum Gasteiger partial charge on any atom is 0.341 e. The van der Waals surface area contributed by atoms with Gasteiger partial charge in [0.1, 0.15) is 5.75 Å². The van der Waals surface area contributed by atoms with Gasteiger partial charge in [0, 0.05) is 17.5 Å². The fraction of sp³-hybridized carbons (Fsp3) is 0.133. The van der Waals surface area contributed by atoms with Gasteiger partial charge in [-0.25, -0.2) is 4.79 Å². The van der Waals surface area contributed by atoms with Gasteiger partial charge in [-0.05, 0) is 53.8 Å². The number of carboxylic acids is 1. The molecule has 5 aromatic rings. The summed E-state index contributed by atoms with van der Waals surface area (Å²) in [6, 6.07) is 29.8. The highest BCUT2D eigenvalue weighted by Crippen LogP contribution is 2.38. The number of nitrogens with zero attached hydrogens (tertiary/aromatic N) is 1. The molecule has 0 radical (unpaired) electrons. The zero-order chi connectivity index (χ0) is 25.1. The number of rotatable bonds is 9. The minimum atomic E-state index is -1.07. The van der Waals surface area contributed by atoms with Crippen LogP contribution in [-0.4, -0.2) is 28.2 Å². The minimum Gasteiger partial charge on any atom is -0.481 e. The van der Waals surface area contributed by atoms with Crippen LogP contribution in [0.25, 0.3) is 21.8 Å². The maximum absolute atomic E-state index is 12.3. The van der Waals surface area contributed by atoms with Crippen LogP contribution in [-0.2, 0) is 24.2 Å². The first-order chi connectivity index (χ1) is 17.5. The number of nitrogens with two attached hydrogens (primary N) is 1. The molecule has 36 heavy (non-hydrogen) atoms. The topological polar surface area (TPSA) is 94.6 Å². The lowest BCUT2D eigenvalue weighted by Gasteiger charge is -2.12. The lowest BCUT2D eigenvalue weighted by atomic mass is 9.98. The predicted octanol–water partition coefficient (Wildman–Crippen LogP) is 5.19. The van der Waals surface area contributed by atoms with Gasteiger partial charge in [-0.3, -0.25) is 4.79 Å². The molecule has 0 unspecified atom stereocenters. The third kappa shape index (κ3) is 4.53. The molecule has 0 aliphatic rings. The van der Waals surface area contributed by atoms with Crippen molar-refractivity contribution in [2.75, 3.05) is 6.61 Å². The van der Waals surface area contributed by atoms with Crippen molar-refractivity contribution in [1.29, 1.82) is 0 Å². The number of carbonyl (C=O) groups excluding carboxylic acids is 1. The number of hydrogen-bond donors (Lipinski definition) is 2. The molecule has 6 heteroatoms. The molecule has 0 saturated carbocycles. The van der Waals surface area contributed by atoms with Crippen molar-refractivity contribution in [3.63, 3.8) is 0 Å². The summed E-state index contributed by atoms with van der Waals surface area (Å²) in [7, 11) is 0. The van der Waals surface area contributed by atoms with Crippen molar-refractivity contribution in [3.05, 3.63) is 113 Å². The molecular weight excluding hydrogens is 452 g/mol. The molecule has 5 rings (SSSR count). The molecule has 4 aromatic carbocycles. The molecule has 3 N–H and O–H groups in total. The molecule has 180 valence electrons. The fourth-order valence-electron chi connectivity index (χ4n) is 4.88. The van der Waals surface area contributed by atoms with Crippen LogP contribution in [0.15, 0.2) is 91.0 Å². The van der Waals surface area contributed by atoms with E-state index in [1.807, 2.05) is 30.3 Å². The van der Waals surface area contributed by atoms with Crippen molar-refractivity contribution in [3.8, 4) is 5.75 Å². The summed E-state index contributed by atoms with van der Waals surface area (Å²) in [5.41, 5.74) is 11.6. The number of fused-ring (bicyclic) bond motifs is 3. The van der Waals surface area contributed by atoms with Crippen molar-refractivity contribution < 1.29 is 19.4 Å². The minimum absolute atomic E-state index is 0.382. The van der Waals surface area contributed by atoms with Gasteiger partial charge in [-0.2, -0.15) is 0 Å². The third-order valence-electron chi connectivity index (χ3n) is 6.46. The molecule has 0 atom stereocenters. The summed E-state index contributed by atoms with van der Waals surface area (Å²) in [4.78, 5) is 23.5. The van der Waals surface area contributed by atoms with E-state index in [2.05, 4.69) is 53.1 Å². The Bertz CT molecular complexity index is 1570. The van der Waals surface area contributed by atoms with Gasteiger partial charge >= 0.3 is 5.97 Å². The molecule has 0 aliphatic carbocycles. The van der Waals surface area contributed by atoms with Crippen LogP contribution in [0, 0.1) is 0 Å². The van der Waals surface area contributed by atoms with Gasteiger partial charge in [0.2, 0.25) is 5.91 Å². The van der Waals surface area contributed by atoms with Crippen molar-refractivity contribution >= 4 is 33.7 Å². The van der Waals surface area contributed by atoms with Crippen LogP contribution in [0.1, 0.15) is 27.0 Å². The zero-order valence-electron chi connectivity index (χ0n) is 19.7. The first-order valence-corrected chi connectivity index (χ1v) is 11.8. The SMILES string of the molecule is NC(=O)c1cccc2c1c1c(OCC(=O)O)cccc1n2CCc1ccccc1Cc1ccccc1. The molecule has 0 bridgehead atoms. The largest absolute Gasteiger partial charge is 0.481 e. The molecule has 1 amide bonds. The summed E-state index contributed by atoms with van der Waals surface area (Å²) in [5, 5.41) is 10.5. The Kier molecular flexibility index (Phi) is 6.41. The highest BCUT2D eigenvalue weighted by atomic mass is 16.5. The van der Waals surface area contributed by atoms with E-state index in [9.17, 15) is 9.59 Å². The van der Waals surface area contributed by atoms with E-state index in [1.165, 1.54) is 16.7 Å². The number of aryl methyl sites for hydroxylation is 2. The third-order valence-corrected chi connectivity index (χ3v) is 6.46. The average molecular weight is 479 g/mol. The highest BCUT2D eigenvalue weighted by Gasteiger charge is 2.20. The molecule has 1 aromatic heterocycles. The van der Waals surface area contributed by atoms with E-state index in [4.69, 9.17) is 15.6 Å². The molecule has 0 aliphatic heterocycles. The van der Waals surface area contributed by atoms with Gasteiger partial charge in [0.25, 0.3) is 0 Å². The Morgan fingerprint density at radius 2 is 1.44 bits per heavy atom. The van der Waals surface area contributed by atoms with Gasteiger partial charge in [0.15, 0.2) is 6.61 Å². The molecule has 0 fully saturated rings. The average Bonchev–Trinajstić information content (AvgIpc) is 3.21. The molecule has 1 heterocycles. The summed E-state index contributed by atoms with van der Waals surface area (Å²) in [5.74, 6) is -1.20. The van der Waals surface area contributed by atoms with Crippen LogP contribution in [0.5, 0.6) is 5.75 Å². The number of hydrogen-bond acceptors (Lipinski definition) is 3. The second-order valence-corrected chi connectivity index (χ2v) is 8.73. The predicted molar refractivity (Wildman–Crippen MR) is 140 cm³/mol. The Balaban J connectivity index is 1.58. The van der Waals surface area contributed by atoms with Crippen LogP contribution in [0.4, 0.5) is 0 Å². The van der Waals surface area contributed by atoms with E-state index >= 15 is 0 Å². The second kappa shape index (κ2) is 9.96. The number of amides is 1. The first kappa shape index (κ1) is 23.2. The van der Waals surface area contributed by atoms with Crippen LogP contribution in [0.2, 0.25) is 0 Å². The summed E-state index contributed by atoms with van der Waals surface area (Å²) >= 11 is 0. The maximum atomic E-state index is 12.3. The van der Waals surface area contributed by atoms with Gasteiger partial charge < -0.3 is 20.1 Å². The molecule has 6 nitrogen and oxygen atoms in total. The Morgan fingerprint density at radius 3 is 2.17 bits per heavy atom. The smallest absolute Gasteiger partial charge is 0.341 e. The van der Waals surface area contributed by atoms with E-state index in [0.29, 0.717) is 28.6 Å². The number of aliphatic carboxylic acids is 1. The van der Waals surface area contributed by atoms with Crippen molar-refractivity contribution in [1.82, 2.24) is 4.57 Å². The first-order valence-electron chi connectivity index (χ1n) is 11.8. The number of ether oxygens (including phenoxy) is 1. The number of carbonyl (C=O) groups is 2. The van der Waals surface area contributed by atoms with Gasteiger partial charge in [-0.1, -0.05) is 66.7 Å². The summed E-state index contributed by atoms with van der Waals surface area (Å²) < 4.78 is 7.78. The number of aromatic nitrogens is 1. The van der Waals surface area contributed by atoms with Crippen LogP contribution >= 0.6 is 0 Å². The monoisotopic (exact) mass is 478 g/mol. The lowest BCUT2D eigenvalue weighted by Crippen LogP contribution is -2.11. The van der Waals surface area contributed by atoms with Gasteiger partial charge in [0.05, 0.1) is 16.4 Å². The lowest BCUT2D eigenvalue weighted by molar-refractivity contribution is -0.139. The standard InChI is InChI=1S/C30H26N2O4/c31-30(35)23-12-6-13-24-28(23)29-25(14-7-15-26(29)36-19-27(33)34)32(24)17-16-21-10-4-5-11-22(21)18-20-8-2-1-3-9-20/h1-15H,16-19H2,(H2,31,35)(H,33,34). The fourth-order valence-corrected chi connectivity index (χ4v) is 4.88. The quantitative estimate of drug-likeness (QED) is 0.305. The summed E-state index contributed by atoms with van der Waals surface area (Å²) in [6.45, 7) is 0.188. The Labute approximate surface area is 208 Å². The number of carboxylic acid groups (broad SMARTS) is 1. The van der Waals surface area contributed by atoms with E-state index in [1.54, 1.807) is 12.1 Å². The second-order valence-electron chi connectivity index (χ2n) is 8.73. The van der Waals surface area contributed by atoms with E-state index < -0.39 is 18.5 Å². The van der Waals surface area contributed by atoms with E-state index in [0.717, 1.165) is 23.9 Å². The number of primary amides is 1. The van der Waals surface area contributed by atoms with Crippen molar-refractivity contribution in [2.24, 2.45) is 5.73 Å². The van der Waals surface area contributed by atoms with Crippen LogP contribution < -0.4 is 10.5 Å². The van der Waals surface area contributed by atoms with Crippen LogP contribution in [0.3, 0.4) is 0 Å².